The fourth-order valence-corrected chi connectivity index (χ4v) is 15.5. The minimum atomic E-state index is -0.594. The minimum absolute atomic E-state index is 0.0315. The summed E-state index contributed by atoms with van der Waals surface area (Å²) in [5.74, 6) is 0. The van der Waals surface area contributed by atoms with Crippen LogP contribution in [-0.2, 0) is 21.7 Å². The van der Waals surface area contributed by atoms with Gasteiger partial charge in [0.25, 0.3) is 0 Å². The van der Waals surface area contributed by atoms with Crippen molar-refractivity contribution in [3.8, 4) is 22.3 Å². The van der Waals surface area contributed by atoms with Crippen molar-refractivity contribution in [3.05, 3.63) is 233 Å². The highest BCUT2D eigenvalue weighted by molar-refractivity contribution is 7.26. The fourth-order valence-electron chi connectivity index (χ4n) is 14.4. The molecule has 0 N–H and O–H groups in total. The summed E-state index contributed by atoms with van der Waals surface area (Å²) in [5.41, 5.74) is 24.8. The molecule has 2 nitrogen and oxygen atoms in total. The fraction of sp³-hybridized carbons (Fsp3) is 0.182. The number of anilines is 5. The van der Waals surface area contributed by atoms with Gasteiger partial charge in [-0.15, -0.1) is 11.3 Å². The lowest BCUT2D eigenvalue weighted by atomic mass is 9.41. The van der Waals surface area contributed by atoms with Crippen LogP contribution >= 0.6 is 11.3 Å². The Balaban J connectivity index is 1.16. The molecule has 0 radical (unpaired) electrons. The molecule has 0 fully saturated rings. The molecule has 0 saturated heterocycles. The topological polar surface area (TPSA) is 6.48 Å². The molecule has 70 heavy (non-hydrogen) atoms. The van der Waals surface area contributed by atoms with E-state index in [1.807, 2.05) is 11.3 Å². The SMILES string of the molecule is CC1(C)CCC(C)(C)c2cc(N3B4c5cccc6c5N(c5ccccc5C6(c5ccccc5)c5ccccc5)c5cc6c(c(c54)-c4ccc5sc7ccccc7c5c43)-c3ccccc3C6(C)C)ccc21. The van der Waals surface area contributed by atoms with E-state index < -0.39 is 5.41 Å². The Morgan fingerprint density at radius 1 is 0.457 bits per heavy atom. The number of hydrogen-bond donors (Lipinski definition) is 0. The summed E-state index contributed by atoms with van der Waals surface area (Å²) in [6, 6.07) is 72.9. The summed E-state index contributed by atoms with van der Waals surface area (Å²) in [6.07, 6.45) is 2.34. The van der Waals surface area contributed by atoms with E-state index in [9.17, 15) is 0 Å². The lowest BCUT2D eigenvalue weighted by Crippen LogP contribution is -2.63. The summed E-state index contributed by atoms with van der Waals surface area (Å²) in [4.78, 5) is 5.54. The molecule has 0 atom stereocenters. The van der Waals surface area contributed by atoms with Gasteiger partial charge in [-0.05, 0) is 132 Å². The molecule has 2 aliphatic carbocycles. The molecule has 1 aromatic heterocycles. The molecule has 9 aromatic carbocycles. The zero-order valence-electron chi connectivity index (χ0n) is 40.7. The third-order valence-corrected chi connectivity index (χ3v) is 18.9. The highest BCUT2D eigenvalue weighted by atomic mass is 32.1. The second-order valence-corrected chi connectivity index (χ2v) is 23.6. The van der Waals surface area contributed by atoms with Crippen molar-refractivity contribution in [2.75, 3.05) is 9.71 Å². The van der Waals surface area contributed by atoms with E-state index in [0.717, 1.165) is 6.42 Å². The van der Waals surface area contributed by atoms with Crippen molar-refractivity contribution in [3.63, 3.8) is 0 Å². The molecule has 0 amide bonds. The lowest BCUT2D eigenvalue weighted by molar-refractivity contribution is 0.332. The standard InChI is InChI=1S/C66H53BN2S/c1-63(2)36-37-64(3,4)50-38-42(32-34-47(50)63)69-61-45(33-35-56-58(61)44-25-14-18-31-55(44)70-56)59-57-43-24-13-15-26-46(43)65(5,6)51(57)39-54-60(59)67(69)52-29-19-28-49-62(52)68(54)53-30-17-16-27-48(53)66(49,40-20-9-7-10-21-40)41-22-11-8-12-23-41/h7-35,38-39H,36-37H2,1-6H3. The largest absolute Gasteiger partial charge is 0.376 e. The van der Waals surface area contributed by atoms with Gasteiger partial charge in [-0.3, -0.25) is 0 Å². The van der Waals surface area contributed by atoms with E-state index in [4.69, 9.17) is 0 Å². The van der Waals surface area contributed by atoms with Gasteiger partial charge in [0.05, 0.1) is 11.1 Å². The highest BCUT2D eigenvalue weighted by Gasteiger charge is 2.55. The molecule has 15 rings (SSSR count). The molecule has 0 bridgehead atoms. The van der Waals surface area contributed by atoms with E-state index in [-0.39, 0.29) is 23.1 Å². The van der Waals surface area contributed by atoms with Gasteiger partial charge in [-0.2, -0.15) is 0 Å². The molecule has 3 aliphatic heterocycles. The van der Waals surface area contributed by atoms with Crippen LogP contribution in [0.2, 0.25) is 0 Å². The van der Waals surface area contributed by atoms with Crippen LogP contribution in [0.4, 0.5) is 28.4 Å². The molecule has 4 heteroatoms. The van der Waals surface area contributed by atoms with Crippen molar-refractivity contribution in [2.24, 2.45) is 0 Å². The summed E-state index contributed by atoms with van der Waals surface area (Å²) in [5, 5.41) is 2.68. The Bertz CT molecular complexity index is 3860. The van der Waals surface area contributed by atoms with Gasteiger partial charge in [0.1, 0.15) is 0 Å². The summed E-state index contributed by atoms with van der Waals surface area (Å²) in [6.45, 7) is 14.6. The molecule has 0 unspecified atom stereocenters. The van der Waals surface area contributed by atoms with Crippen LogP contribution in [0, 0.1) is 0 Å². The number of benzene rings is 9. The second kappa shape index (κ2) is 13.8. The van der Waals surface area contributed by atoms with Crippen molar-refractivity contribution < 1.29 is 0 Å². The van der Waals surface area contributed by atoms with Crippen LogP contribution < -0.4 is 20.6 Å². The maximum atomic E-state index is 2.83. The Kier molecular flexibility index (Phi) is 8.03. The smallest absolute Gasteiger partial charge is 0.333 e. The molecule has 0 spiro atoms. The number of fused-ring (bicyclic) bond motifs is 15. The van der Waals surface area contributed by atoms with Crippen LogP contribution in [0.25, 0.3) is 42.4 Å². The van der Waals surface area contributed by atoms with Crippen LogP contribution in [-0.4, -0.2) is 6.85 Å². The number of rotatable bonds is 3. The Hall–Kier alpha value is -7.14. The third-order valence-electron chi connectivity index (χ3n) is 17.8. The van der Waals surface area contributed by atoms with Gasteiger partial charge in [0.2, 0.25) is 0 Å². The Labute approximate surface area is 416 Å². The molecule has 4 heterocycles. The summed E-state index contributed by atoms with van der Waals surface area (Å²) >= 11 is 1.93. The molecular weight excluding hydrogens is 864 g/mol. The maximum absolute atomic E-state index is 2.83. The zero-order chi connectivity index (χ0) is 47.1. The first-order valence-electron chi connectivity index (χ1n) is 25.3. The van der Waals surface area contributed by atoms with E-state index in [0.29, 0.717) is 0 Å². The molecule has 10 aromatic rings. The van der Waals surface area contributed by atoms with Crippen molar-refractivity contribution in [1.29, 1.82) is 0 Å². The van der Waals surface area contributed by atoms with E-state index in [2.05, 4.69) is 239 Å². The maximum Gasteiger partial charge on any atom is 0.333 e. The number of para-hydroxylation sites is 2. The molecular formula is C66H53BN2S. The van der Waals surface area contributed by atoms with Gasteiger partial charge in [0.15, 0.2) is 0 Å². The third kappa shape index (κ3) is 5.00. The average Bonchev–Trinajstić information content (AvgIpc) is 3.88. The van der Waals surface area contributed by atoms with Gasteiger partial charge in [-0.1, -0.05) is 193 Å². The van der Waals surface area contributed by atoms with Gasteiger partial charge in [-0.25, -0.2) is 0 Å². The first-order chi connectivity index (χ1) is 34.0. The average molecular weight is 917 g/mol. The highest BCUT2D eigenvalue weighted by Crippen LogP contribution is 2.63. The van der Waals surface area contributed by atoms with E-state index in [1.54, 1.807) is 0 Å². The quantitative estimate of drug-likeness (QED) is 0.163. The summed E-state index contributed by atoms with van der Waals surface area (Å²) < 4.78 is 2.66. The molecule has 336 valence electrons. The Morgan fingerprint density at radius 2 is 1.11 bits per heavy atom. The van der Waals surface area contributed by atoms with Crippen molar-refractivity contribution in [2.45, 2.75) is 76.0 Å². The Morgan fingerprint density at radius 3 is 1.89 bits per heavy atom. The van der Waals surface area contributed by atoms with Gasteiger partial charge in [0, 0.05) is 53.9 Å². The second-order valence-electron chi connectivity index (χ2n) is 22.6. The van der Waals surface area contributed by atoms with Crippen LogP contribution in [0.1, 0.15) is 98.9 Å². The lowest BCUT2D eigenvalue weighted by Gasteiger charge is -2.52. The van der Waals surface area contributed by atoms with E-state index in [1.165, 1.54) is 133 Å². The van der Waals surface area contributed by atoms with Crippen molar-refractivity contribution in [1.82, 2.24) is 0 Å². The predicted molar refractivity (Wildman–Crippen MR) is 298 cm³/mol. The molecule has 0 saturated carbocycles. The monoisotopic (exact) mass is 916 g/mol. The van der Waals surface area contributed by atoms with Gasteiger partial charge < -0.3 is 9.71 Å². The van der Waals surface area contributed by atoms with Gasteiger partial charge >= 0.3 is 6.85 Å². The van der Waals surface area contributed by atoms with Crippen LogP contribution in [0.3, 0.4) is 0 Å². The predicted octanol–water partition coefficient (Wildman–Crippen LogP) is 16.1. The van der Waals surface area contributed by atoms with Crippen LogP contribution in [0.15, 0.2) is 188 Å². The number of hydrogen-bond acceptors (Lipinski definition) is 3. The van der Waals surface area contributed by atoms with Crippen LogP contribution in [0.5, 0.6) is 0 Å². The number of thiophene rings is 1. The number of nitrogens with zero attached hydrogens (tertiary/aromatic N) is 2. The van der Waals surface area contributed by atoms with Crippen molar-refractivity contribution >= 4 is 77.7 Å². The first-order valence-corrected chi connectivity index (χ1v) is 26.2. The summed E-state index contributed by atoms with van der Waals surface area (Å²) in [7, 11) is 0. The van der Waals surface area contributed by atoms with E-state index >= 15 is 0 Å². The minimum Gasteiger partial charge on any atom is -0.376 e. The normalized spacial score (nSPS) is 17.5. The zero-order valence-corrected chi connectivity index (χ0v) is 41.5. The first kappa shape index (κ1) is 40.7. The molecule has 5 aliphatic rings.